The first kappa shape index (κ1) is 16.6. The molecule has 0 saturated carbocycles. The van der Waals surface area contributed by atoms with E-state index >= 15 is 0 Å². The maximum Gasteiger partial charge on any atom is 0.317 e. The summed E-state index contributed by atoms with van der Waals surface area (Å²) in [5, 5.41) is 3.50. The molecule has 5 nitrogen and oxygen atoms in total. The molecule has 3 amide bonds. The number of carbonyl (C=O) groups excluding carboxylic acids is 2. The van der Waals surface area contributed by atoms with E-state index in [0.29, 0.717) is 43.3 Å². The SMILES string of the molecule is CCCNC(=O)N1CCCN(C(=O)c2ccc(Cl)cc2)CC1. The van der Waals surface area contributed by atoms with Crippen LogP contribution in [0.5, 0.6) is 0 Å². The molecule has 0 aromatic heterocycles. The first-order chi connectivity index (χ1) is 10.6. The third kappa shape index (κ3) is 4.37. The Morgan fingerprint density at radius 1 is 1.09 bits per heavy atom. The van der Waals surface area contributed by atoms with Crippen LogP contribution in [-0.2, 0) is 0 Å². The van der Waals surface area contributed by atoms with Crippen LogP contribution in [0.4, 0.5) is 4.79 Å². The van der Waals surface area contributed by atoms with Crippen LogP contribution < -0.4 is 5.32 Å². The number of halogens is 1. The van der Waals surface area contributed by atoms with Gasteiger partial charge in [0.15, 0.2) is 0 Å². The number of nitrogens with one attached hydrogen (secondary N) is 1. The van der Waals surface area contributed by atoms with Crippen LogP contribution in [-0.4, -0.2) is 54.5 Å². The van der Waals surface area contributed by atoms with E-state index < -0.39 is 0 Å². The average Bonchev–Trinajstić information content (AvgIpc) is 2.78. The van der Waals surface area contributed by atoms with Crippen molar-refractivity contribution >= 4 is 23.5 Å². The summed E-state index contributed by atoms with van der Waals surface area (Å²) in [5.41, 5.74) is 0.633. The van der Waals surface area contributed by atoms with Gasteiger partial charge in [0, 0.05) is 43.3 Å². The van der Waals surface area contributed by atoms with Crippen LogP contribution in [0, 0.1) is 0 Å². The fourth-order valence-electron chi connectivity index (χ4n) is 2.44. The topological polar surface area (TPSA) is 52.7 Å². The highest BCUT2D eigenvalue weighted by molar-refractivity contribution is 6.30. The van der Waals surface area contributed by atoms with Gasteiger partial charge in [-0.2, -0.15) is 0 Å². The Bertz CT molecular complexity index is 519. The molecule has 1 aliphatic rings. The summed E-state index contributed by atoms with van der Waals surface area (Å²) >= 11 is 5.85. The second kappa shape index (κ2) is 8.03. The summed E-state index contributed by atoms with van der Waals surface area (Å²) in [6.45, 7) is 5.17. The molecule has 1 heterocycles. The molecule has 1 aromatic rings. The number of nitrogens with zero attached hydrogens (tertiary/aromatic N) is 2. The fourth-order valence-corrected chi connectivity index (χ4v) is 2.57. The summed E-state index contributed by atoms with van der Waals surface area (Å²) in [6, 6.07) is 6.87. The van der Waals surface area contributed by atoms with Gasteiger partial charge in [0.1, 0.15) is 0 Å². The van der Waals surface area contributed by atoms with Crippen molar-refractivity contribution in [3.63, 3.8) is 0 Å². The summed E-state index contributed by atoms with van der Waals surface area (Å²) in [4.78, 5) is 28.1. The molecule has 0 bridgehead atoms. The predicted molar refractivity (Wildman–Crippen MR) is 87.2 cm³/mol. The number of benzene rings is 1. The van der Waals surface area contributed by atoms with Crippen molar-refractivity contribution in [2.24, 2.45) is 0 Å². The molecule has 120 valence electrons. The average molecular weight is 324 g/mol. The van der Waals surface area contributed by atoms with Crippen LogP contribution in [0.2, 0.25) is 5.02 Å². The van der Waals surface area contributed by atoms with Crippen molar-refractivity contribution in [1.82, 2.24) is 15.1 Å². The molecule has 1 fully saturated rings. The van der Waals surface area contributed by atoms with Crippen molar-refractivity contribution < 1.29 is 9.59 Å². The Labute approximate surface area is 136 Å². The molecule has 1 N–H and O–H groups in total. The predicted octanol–water partition coefficient (Wildman–Crippen LogP) is 2.61. The van der Waals surface area contributed by atoms with E-state index in [1.165, 1.54) is 0 Å². The molecular formula is C16H22ClN3O2. The summed E-state index contributed by atoms with van der Waals surface area (Å²) in [6.07, 6.45) is 1.71. The molecule has 0 aliphatic carbocycles. The van der Waals surface area contributed by atoms with E-state index in [0.717, 1.165) is 12.8 Å². The molecule has 2 rings (SSSR count). The number of hydrogen-bond acceptors (Lipinski definition) is 2. The van der Waals surface area contributed by atoms with Crippen molar-refractivity contribution in [2.75, 3.05) is 32.7 Å². The van der Waals surface area contributed by atoms with Crippen molar-refractivity contribution in [1.29, 1.82) is 0 Å². The van der Waals surface area contributed by atoms with Crippen molar-refractivity contribution in [3.8, 4) is 0 Å². The molecule has 22 heavy (non-hydrogen) atoms. The lowest BCUT2D eigenvalue weighted by atomic mass is 10.2. The third-order valence-corrected chi connectivity index (χ3v) is 3.94. The van der Waals surface area contributed by atoms with Gasteiger partial charge in [0.25, 0.3) is 5.91 Å². The van der Waals surface area contributed by atoms with Crippen LogP contribution in [0.25, 0.3) is 0 Å². The molecule has 0 unspecified atom stereocenters. The summed E-state index contributed by atoms with van der Waals surface area (Å²) in [7, 11) is 0. The Morgan fingerprint density at radius 2 is 1.73 bits per heavy atom. The largest absolute Gasteiger partial charge is 0.338 e. The lowest BCUT2D eigenvalue weighted by molar-refractivity contribution is 0.0762. The van der Waals surface area contributed by atoms with E-state index in [-0.39, 0.29) is 11.9 Å². The Balaban J connectivity index is 1.93. The van der Waals surface area contributed by atoms with Crippen LogP contribution in [0.1, 0.15) is 30.1 Å². The summed E-state index contributed by atoms with van der Waals surface area (Å²) < 4.78 is 0. The maximum absolute atomic E-state index is 12.5. The Kier molecular flexibility index (Phi) is 6.07. The van der Waals surface area contributed by atoms with Gasteiger partial charge in [-0.25, -0.2) is 4.79 Å². The number of amides is 3. The Hall–Kier alpha value is -1.75. The second-order valence-corrected chi connectivity index (χ2v) is 5.81. The first-order valence-electron chi connectivity index (χ1n) is 7.69. The van der Waals surface area contributed by atoms with E-state index in [4.69, 9.17) is 11.6 Å². The van der Waals surface area contributed by atoms with Crippen LogP contribution >= 0.6 is 11.6 Å². The van der Waals surface area contributed by atoms with Crippen molar-refractivity contribution in [2.45, 2.75) is 19.8 Å². The van der Waals surface area contributed by atoms with Gasteiger partial charge in [-0.15, -0.1) is 0 Å². The fraction of sp³-hybridized carbons (Fsp3) is 0.500. The van der Waals surface area contributed by atoms with E-state index in [1.807, 2.05) is 6.92 Å². The van der Waals surface area contributed by atoms with Gasteiger partial charge in [-0.3, -0.25) is 4.79 Å². The Morgan fingerprint density at radius 3 is 2.41 bits per heavy atom. The molecule has 1 aliphatic heterocycles. The van der Waals surface area contributed by atoms with Crippen molar-refractivity contribution in [3.05, 3.63) is 34.9 Å². The third-order valence-electron chi connectivity index (χ3n) is 3.69. The smallest absolute Gasteiger partial charge is 0.317 e. The normalized spacial score (nSPS) is 15.4. The lowest BCUT2D eigenvalue weighted by Gasteiger charge is -2.22. The molecule has 0 spiro atoms. The lowest BCUT2D eigenvalue weighted by Crippen LogP contribution is -2.42. The zero-order chi connectivity index (χ0) is 15.9. The minimum atomic E-state index is -0.0392. The number of rotatable bonds is 3. The molecule has 1 aromatic carbocycles. The molecule has 6 heteroatoms. The molecule has 0 atom stereocenters. The van der Waals surface area contributed by atoms with Crippen LogP contribution in [0.15, 0.2) is 24.3 Å². The second-order valence-electron chi connectivity index (χ2n) is 5.37. The quantitative estimate of drug-likeness (QED) is 0.929. The highest BCUT2D eigenvalue weighted by Gasteiger charge is 2.22. The van der Waals surface area contributed by atoms with Gasteiger partial charge in [0.05, 0.1) is 0 Å². The van der Waals surface area contributed by atoms with Crippen LogP contribution in [0.3, 0.4) is 0 Å². The van der Waals surface area contributed by atoms with Gasteiger partial charge < -0.3 is 15.1 Å². The monoisotopic (exact) mass is 323 g/mol. The standard InChI is InChI=1S/C16H22ClN3O2/c1-2-8-18-16(22)20-10-3-9-19(11-12-20)15(21)13-4-6-14(17)7-5-13/h4-7H,2-3,8-12H2,1H3,(H,18,22). The number of urea groups is 1. The van der Waals surface area contributed by atoms with Gasteiger partial charge >= 0.3 is 6.03 Å². The van der Waals surface area contributed by atoms with Gasteiger partial charge in [0.2, 0.25) is 0 Å². The molecular weight excluding hydrogens is 302 g/mol. The summed E-state index contributed by atoms with van der Waals surface area (Å²) in [5.74, 6) is -0.00696. The maximum atomic E-state index is 12.5. The molecule has 1 saturated heterocycles. The van der Waals surface area contributed by atoms with Gasteiger partial charge in [-0.1, -0.05) is 18.5 Å². The number of carbonyl (C=O) groups is 2. The zero-order valence-electron chi connectivity index (χ0n) is 12.8. The minimum Gasteiger partial charge on any atom is -0.338 e. The highest BCUT2D eigenvalue weighted by Crippen LogP contribution is 2.13. The molecule has 0 radical (unpaired) electrons. The van der Waals surface area contributed by atoms with E-state index in [2.05, 4.69) is 5.32 Å². The van der Waals surface area contributed by atoms with Gasteiger partial charge in [-0.05, 0) is 37.1 Å². The zero-order valence-corrected chi connectivity index (χ0v) is 13.6. The first-order valence-corrected chi connectivity index (χ1v) is 8.07. The minimum absolute atomic E-state index is 0.00696. The van der Waals surface area contributed by atoms with E-state index in [9.17, 15) is 9.59 Å². The highest BCUT2D eigenvalue weighted by atomic mass is 35.5. The van der Waals surface area contributed by atoms with E-state index in [1.54, 1.807) is 34.1 Å². The number of hydrogen-bond donors (Lipinski definition) is 1.